The smallest absolute Gasteiger partial charge is 0.195 e. The molecule has 0 amide bonds. The molecule has 0 radical (unpaired) electrons. The van der Waals surface area contributed by atoms with Crippen LogP contribution in [0.3, 0.4) is 0 Å². The number of aromatic nitrogens is 5. The summed E-state index contributed by atoms with van der Waals surface area (Å²) >= 11 is 0. The number of rotatable bonds is 6. The molecule has 3 aromatic heterocycles. The lowest BCUT2D eigenvalue weighted by molar-refractivity contribution is 0.321. The molecule has 0 spiro atoms. The number of aryl methyl sites for hydroxylation is 1. The number of nitrogens with zero attached hydrogens (tertiary/aromatic N) is 4. The van der Waals surface area contributed by atoms with E-state index in [-0.39, 0.29) is 12.4 Å². The Morgan fingerprint density at radius 3 is 2.71 bits per heavy atom. The number of halogens is 1. The number of hydrogen-bond acceptors (Lipinski definition) is 5. The third-order valence-electron chi connectivity index (χ3n) is 4.56. The summed E-state index contributed by atoms with van der Waals surface area (Å²) < 4.78 is 15.2. The molecule has 0 fully saturated rings. The topological polar surface area (TPSA) is 91.1 Å². The summed E-state index contributed by atoms with van der Waals surface area (Å²) in [6.07, 6.45) is 3.88. The van der Waals surface area contributed by atoms with Gasteiger partial charge in [0.15, 0.2) is 16.8 Å². The zero-order valence-corrected chi connectivity index (χ0v) is 16.4. The van der Waals surface area contributed by atoms with Gasteiger partial charge in [-0.1, -0.05) is 0 Å². The van der Waals surface area contributed by atoms with Crippen molar-refractivity contribution in [1.82, 2.24) is 24.8 Å². The van der Waals surface area contributed by atoms with Crippen molar-refractivity contribution in [3.8, 4) is 0 Å². The summed E-state index contributed by atoms with van der Waals surface area (Å²) in [4.78, 5) is 5.72. The van der Waals surface area contributed by atoms with Crippen molar-refractivity contribution in [1.29, 1.82) is 0 Å². The fourth-order valence-corrected chi connectivity index (χ4v) is 5.32. The van der Waals surface area contributed by atoms with Gasteiger partial charge < -0.3 is 10.4 Å². The molecule has 146 valence electrons. The van der Waals surface area contributed by atoms with Crippen molar-refractivity contribution in [2.75, 3.05) is 23.9 Å². The van der Waals surface area contributed by atoms with Crippen LogP contribution in [0.2, 0.25) is 0 Å². The lowest BCUT2D eigenvalue weighted by Crippen LogP contribution is -2.15. The van der Waals surface area contributed by atoms with E-state index in [0.29, 0.717) is 22.5 Å². The minimum Gasteiger partial charge on any atom is -0.396 e. The minimum atomic E-state index is -1.77. The molecule has 7 nitrogen and oxygen atoms in total. The van der Waals surface area contributed by atoms with Crippen molar-refractivity contribution >= 4 is 27.2 Å². The maximum absolute atomic E-state index is 13.4. The van der Waals surface area contributed by atoms with Crippen LogP contribution in [0.1, 0.15) is 5.69 Å². The third-order valence-corrected chi connectivity index (χ3v) is 7.85. The van der Waals surface area contributed by atoms with Crippen LogP contribution in [0.15, 0.2) is 58.7 Å². The maximum atomic E-state index is 13.4. The van der Waals surface area contributed by atoms with Crippen molar-refractivity contribution in [3.05, 3.63) is 60.2 Å². The number of hydrogen-bond donors (Lipinski definition) is 3. The average molecular weight is 400 g/mol. The van der Waals surface area contributed by atoms with E-state index in [1.54, 1.807) is 16.6 Å². The second-order valence-electron chi connectivity index (χ2n) is 6.61. The van der Waals surface area contributed by atoms with Crippen LogP contribution in [0.5, 0.6) is 0 Å². The molecule has 0 saturated carbocycles. The van der Waals surface area contributed by atoms with Crippen molar-refractivity contribution in [2.45, 2.75) is 17.0 Å². The number of nitrogens with one attached hydrogen (secondary N) is 2. The highest BCUT2D eigenvalue weighted by Gasteiger charge is 2.28. The van der Waals surface area contributed by atoms with Gasteiger partial charge in [0.2, 0.25) is 0 Å². The van der Waals surface area contributed by atoms with Gasteiger partial charge in [-0.3, -0.25) is 5.10 Å². The van der Waals surface area contributed by atoms with Crippen LogP contribution in [0.4, 0.5) is 16.0 Å². The second kappa shape index (κ2) is 7.25. The molecule has 0 aliphatic carbocycles. The molecular formula is C19H21FN6OS. The molecule has 1 unspecified atom stereocenters. The average Bonchev–Trinajstić information content (AvgIpc) is 3.31. The highest BCUT2D eigenvalue weighted by atomic mass is 32.3. The summed E-state index contributed by atoms with van der Waals surface area (Å²) in [7, 11) is -1.77. The molecule has 1 atom stereocenters. The van der Waals surface area contributed by atoms with Gasteiger partial charge in [0.05, 0.1) is 6.61 Å². The van der Waals surface area contributed by atoms with Crippen molar-refractivity contribution in [2.24, 2.45) is 0 Å². The second-order valence-corrected chi connectivity index (χ2v) is 10.0. The Morgan fingerprint density at radius 1 is 1.25 bits per heavy atom. The third kappa shape index (κ3) is 3.34. The summed E-state index contributed by atoms with van der Waals surface area (Å²) in [6.45, 7) is 1.91. The Balaban J connectivity index is 1.84. The molecule has 0 saturated heterocycles. The van der Waals surface area contributed by atoms with Crippen LogP contribution >= 0.6 is 10.0 Å². The molecule has 28 heavy (non-hydrogen) atoms. The van der Waals surface area contributed by atoms with Gasteiger partial charge >= 0.3 is 0 Å². The SMILES string of the molecule is Cc1cc(Nc2nc(S(C)(CCO)c3ccc(F)cc3)nn3cccc23)n[nH]1. The Labute approximate surface area is 162 Å². The molecule has 4 aromatic rings. The predicted molar refractivity (Wildman–Crippen MR) is 108 cm³/mol. The van der Waals surface area contributed by atoms with E-state index in [4.69, 9.17) is 10.1 Å². The summed E-state index contributed by atoms with van der Waals surface area (Å²) in [5.74, 6) is 1.46. The monoisotopic (exact) mass is 400 g/mol. The number of fused-ring (bicyclic) bond motifs is 1. The van der Waals surface area contributed by atoms with Crippen LogP contribution in [-0.4, -0.2) is 48.5 Å². The first-order valence-electron chi connectivity index (χ1n) is 8.76. The number of aromatic amines is 1. The van der Waals surface area contributed by atoms with E-state index < -0.39 is 10.0 Å². The number of benzene rings is 1. The summed E-state index contributed by atoms with van der Waals surface area (Å²) in [5, 5.41) is 25.4. The van der Waals surface area contributed by atoms with E-state index >= 15 is 0 Å². The first-order chi connectivity index (χ1) is 13.5. The van der Waals surface area contributed by atoms with Gasteiger partial charge in [-0.2, -0.15) is 15.1 Å². The van der Waals surface area contributed by atoms with Gasteiger partial charge in [0.25, 0.3) is 0 Å². The van der Waals surface area contributed by atoms with E-state index in [1.165, 1.54) is 12.1 Å². The van der Waals surface area contributed by atoms with E-state index in [9.17, 15) is 9.50 Å². The highest BCUT2D eigenvalue weighted by molar-refractivity contribution is 8.33. The van der Waals surface area contributed by atoms with Crippen LogP contribution in [-0.2, 0) is 0 Å². The Kier molecular flexibility index (Phi) is 4.78. The van der Waals surface area contributed by atoms with Gasteiger partial charge in [0, 0.05) is 23.7 Å². The maximum Gasteiger partial charge on any atom is 0.195 e. The summed E-state index contributed by atoms with van der Waals surface area (Å²) in [5.41, 5.74) is 1.75. The first-order valence-corrected chi connectivity index (χ1v) is 11.0. The van der Waals surface area contributed by atoms with Crippen molar-refractivity contribution < 1.29 is 9.50 Å². The van der Waals surface area contributed by atoms with Crippen LogP contribution in [0.25, 0.3) is 5.52 Å². The van der Waals surface area contributed by atoms with Crippen LogP contribution < -0.4 is 5.32 Å². The summed E-state index contributed by atoms with van der Waals surface area (Å²) in [6, 6.07) is 12.0. The van der Waals surface area contributed by atoms with Gasteiger partial charge in [-0.15, -0.1) is 5.10 Å². The first kappa shape index (κ1) is 18.5. The fraction of sp³-hybridized carbons (Fsp3) is 0.211. The van der Waals surface area contributed by atoms with E-state index in [2.05, 4.69) is 15.5 Å². The standard InChI is InChI=1S/C19H21FN6OS/c1-13-12-17(24-23-13)21-18-16-4-3-9-26(16)25-19(22-18)28(2,11-10-27)15-7-5-14(20)6-8-15/h3-9,12,27H,10-11H2,1-2H3,(H2,21,22,23,24,25). The van der Waals surface area contributed by atoms with Gasteiger partial charge in [-0.25, -0.2) is 13.9 Å². The van der Waals surface area contributed by atoms with Crippen LogP contribution in [0, 0.1) is 12.7 Å². The lowest BCUT2D eigenvalue weighted by Gasteiger charge is -2.34. The quantitative estimate of drug-likeness (QED) is 0.461. The molecule has 9 heteroatoms. The lowest BCUT2D eigenvalue weighted by atomic mass is 10.4. The van der Waals surface area contributed by atoms with E-state index in [1.807, 2.05) is 37.6 Å². The number of aliphatic hydroxyl groups excluding tert-OH is 1. The van der Waals surface area contributed by atoms with E-state index in [0.717, 1.165) is 16.1 Å². The number of H-pyrrole nitrogens is 1. The number of aliphatic hydroxyl groups is 1. The molecule has 4 rings (SSSR count). The molecule has 0 aliphatic heterocycles. The highest BCUT2D eigenvalue weighted by Crippen LogP contribution is 2.57. The Morgan fingerprint density at radius 2 is 2.04 bits per heavy atom. The Bertz CT molecular complexity index is 1110. The zero-order valence-electron chi connectivity index (χ0n) is 15.6. The molecular weight excluding hydrogens is 379 g/mol. The molecule has 1 aromatic carbocycles. The zero-order chi connectivity index (χ0) is 19.7. The van der Waals surface area contributed by atoms with Gasteiger partial charge in [-0.05, 0) is 54.5 Å². The fourth-order valence-electron chi connectivity index (χ4n) is 3.03. The Hall–Kier alpha value is -2.91. The van der Waals surface area contributed by atoms with Crippen molar-refractivity contribution in [3.63, 3.8) is 0 Å². The molecule has 0 bridgehead atoms. The molecule has 3 N–H and O–H groups in total. The predicted octanol–water partition coefficient (Wildman–Crippen LogP) is 3.49. The van der Waals surface area contributed by atoms with Gasteiger partial charge in [0.1, 0.15) is 11.3 Å². The molecule has 0 aliphatic rings. The normalized spacial score (nSPS) is 14.7. The molecule has 3 heterocycles. The minimum absolute atomic E-state index is 0.0163. The largest absolute Gasteiger partial charge is 0.396 e. The number of anilines is 2.